The predicted molar refractivity (Wildman–Crippen MR) is 114 cm³/mol. The molecule has 1 N–H and O–H groups in total. The largest absolute Gasteiger partial charge is 0.322 e. The monoisotopic (exact) mass is 423 g/mol. The number of hydrogen-bond acceptors (Lipinski definition) is 3. The number of amides is 2. The lowest BCUT2D eigenvalue weighted by Gasteiger charge is -2.25. The lowest BCUT2D eigenvalue weighted by Crippen LogP contribution is -3.16. The average Bonchev–Trinajstić information content (AvgIpc) is 3.36. The molecule has 0 aliphatic carbocycles. The second-order valence-corrected chi connectivity index (χ2v) is 9.19. The number of aryl methyl sites for hydroxylation is 2. The third-order valence-electron chi connectivity index (χ3n) is 7.21. The maximum atomic E-state index is 13.5. The standard InChI is InChI=1S/C24H23ClN2O3/c1-13-5-10-17(12-14(13)2)27-23(29)19-18-4-3-11-26(18)21(20(19)24(27)30)22(28)15-6-8-16(25)9-7-15/h5-10,12,18-21H,3-4,11H2,1-2H3/p+1/t18-,19-,20+,21-/m0/s1. The summed E-state index contributed by atoms with van der Waals surface area (Å²) < 4.78 is 0. The van der Waals surface area contributed by atoms with Crippen molar-refractivity contribution in [3.8, 4) is 0 Å². The molecule has 0 spiro atoms. The third-order valence-corrected chi connectivity index (χ3v) is 7.46. The highest BCUT2D eigenvalue weighted by Crippen LogP contribution is 2.40. The molecule has 2 amide bonds. The van der Waals surface area contributed by atoms with E-state index in [1.54, 1.807) is 24.3 Å². The molecule has 5 nitrogen and oxygen atoms in total. The van der Waals surface area contributed by atoms with Gasteiger partial charge in [0.25, 0.3) is 0 Å². The van der Waals surface area contributed by atoms with Gasteiger partial charge in [-0.2, -0.15) is 0 Å². The van der Waals surface area contributed by atoms with E-state index in [4.69, 9.17) is 11.6 Å². The molecule has 3 aliphatic heterocycles. The van der Waals surface area contributed by atoms with Crippen LogP contribution < -0.4 is 9.80 Å². The molecular weight excluding hydrogens is 400 g/mol. The van der Waals surface area contributed by atoms with Crippen LogP contribution in [0.5, 0.6) is 0 Å². The van der Waals surface area contributed by atoms with Gasteiger partial charge >= 0.3 is 0 Å². The summed E-state index contributed by atoms with van der Waals surface area (Å²) in [6.07, 6.45) is 1.85. The van der Waals surface area contributed by atoms with Crippen LogP contribution in [0.15, 0.2) is 42.5 Å². The molecule has 0 aromatic heterocycles. The van der Waals surface area contributed by atoms with Crippen LogP contribution in [0.1, 0.15) is 34.3 Å². The number of imide groups is 1. The van der Waals surface area contributed by atoms with Gasteiger partial charge in [-0.05, 0) is 61.4 Å². The SMILES string of the molecule is Cc1ccc(N2C(=O)[C@@H]3[C@@H](C2=O)[C@@H]2CCC[NH+]2[C@@H]3C(=O)c2ccc(Cl)cc2)cc1C. The minimum Gasteiger partial charge on any atom is -0.322 e. The van der Waals surface area contributed by atoms with Gasteiger partial charge in [0.05, 0.1) is 12.2 Å². The molecule has 3 saturated heterocycles. The van der Waals surface area contributed by atoms with Gasteiger partial charge in [0.1, 0.15) is 17.9 Å². The van der Waals surface area contributed by atoms with Gasteiger partial charge in [0.15, 0.2) is 6.04 Å². The topological polar surface area (TPSA) is 58.9 Å². The molecule has 3 heterocycles. The number of halogens is 1. The molecule has 0 bridgehead atoms. The molecule has 3 aliphatic rings. The third kappa shape index (κ3) is 2.76. The quantitative estimate of drug-likeness (QED) is 0.609. The number of anilines is 1. The van der Waals surface area contributed by atoms with E-state index in [1.165, 1.54) is 4.90 Å². The Hall–Kier alpha value is -2.50. The molecule has 5 rings (SSSR count). The first-order valence-corrected chi connectivity index (χ1v) is 10.9. The van der Waals surface area contributed by atoms with Crippen LogP contribution in [0.4, 0.5) is 5.69 Å². The molecule has 1 unspecified atom stereocenters. The number of carbonyl (C=O) groups excluding carboxylic acids is 3. The van der Waals surface area contributed by atoms with Gasteiger partial charge in [0, 0.05) is 23.4 Å². The number of fused-ring (bicyclic) bond motifs is 3. The number of nitrogens with one attached hydrogen (secondary N) is 1. The summed E-state index contributed by atoms with van der Waals surface area (Å²) in [7, 11) is 0. The first-order valence-electron chi connectivity index (χ1n) is 10.5. The Morgan fingerprint density at radius 2 is 1.70 bits per heavy atom. The summed E-state index contributed by atoms with van der Waals surface area (Å²) in [5.41, 5.74) is 3.31. The highest BCUT2D eigenvalue weighted by Gasteiger charge is 2.68. The van der Waals surface area contributed by atoms with Crippen molar-refractivity contribution in [3.05, 3.63) is 64.2 Å². The van der Waals surface area contributed by atoms with Crippen molar-refractivity contribution in [1.29, 1.82) is 0 Å². The van der Waals surface area contributed by atoms with Gasteiger partial charge < -0.3 is 4.90 Å². The number of nitrogens with zero attached hydrogens (tertiary/aromatic N) is 1. The summed E-state index contributed by atoms with van der Waals surface area (Å²) in [6.45, 7) is 4.80. The molecule has 2 aromatic rings. The number of carbonyl (C=O) groups is 3. The van der Waals surface area contributed by atoms with E-state index in [9.17, 15) is 14.4 Å². The van der Waals surface area contributed by atoms with E-state index in [0.717, 1.165) is 35.4 Å². The first-order chi connectivity index (χ1) is 14.4. The maximum absolute atomic E-state index is 13.5. The van der Waals surface area contributed by atoms with Gasteiger partial charge in [-0.3, -0.25) is 14.4 Å². The molecule has 0 radical (unpaired) electrons. The number of benzene rings is 2. The van der Waals surface area contributed by atoms with Crippen molar-refractivity contribution < 1.29 is 19.3 Å². The fourth-order valence-corrected chi connectivity index (χ4v) is 5.78. The summed E-state index contributed by atoms with van der Waals surface area (Å²) in [6, 6.07) is 12.0. The van der Waals surface area contributed by atoms with E-state index in [0.29, 0.717) is 16.3 Å². The Kier molecular flexibility index (Phi) is 4.56. The Morgan fingerprint density at radius 3 is 2.40 bits per heavy atom. The van der Waals surface area contributed by atoms with Crippen molar-refractivity contribution in [1.82, 2.24) is 0 Å². The first kappa shape index (κ1) is 19.5. The van der Waals surface area contributed by atoms with Crippen molar-refractivity contribution >= 4 is 34.9 Å². The van der Waals surface area contributed by atoms with Crippen LogP contribution in [0.2, 0.25) is 5.02 Å². The van der Waals surface area contributed by atoms with Crippen LogP contribution in [0.25, 0.3) is 0 Å². The minimum atomic E-state index is -0.595. The number of rotatable bonds is 3. The molecule has 6 heteroatoms. The maximum Gasteiger partial charge on any atom is 0.244 e. The fraction of sp³-hybridized carbons (Fsp3) is 0.375. The highest BCUT2D eigenvalue weighted by atomic mass is 35.5. The Balaban J connectivity index is 1.55. The normalized spacial score (nSPS) is 30.0. The van der Waals surface area contributed by atoms with Crippen molar-refractivity contribution in [2.24, 2.45) is 11.8 Å². The van der Waals surface area contributed by atoms with Gasteiger partial charge in [-0.1, -0.05) is 17.7 Å². The van der Waals surface area contributed by atoms with E-state index in [-0.39, 0.29) is 23.6 Å². The van der Waals surface area contributed by atoms with E-state index in [1.807, 2.05) is 32.0 Å². The van der Waals surface area contributed by atoms with Crippen LogP contribution >= 0.6 is 11.6 Å². The van der Waals surface area contributed by atoms with Crippen LogP contribution in [0.3, 0.4) is 0 Å². The highest BCUT2D eigenvalue weighted by molar-refractivity contribution is 6.30. The van der Waals surface area contributed by atoms with E-state index < -0.39 is 17.9 Å². The predicted octanol–water partition coefficient (Wildman–Crippen LogP) is 2.37. The average molecular weight is 424 g/mol. The Bertz CT molecular complexity index is 1060. The summed E-state index contributed by atoms with van der Waals surface area (Å²) in [4.78, 5) is 42.9. The molecule has 30 heavy (non-hydrogen) atoms. The summed E-state index contributed by atoms with van der Waals surface area (Å²) in [5.74, 6) is -1.46. The molecular formula is C24H24ClN2O3+. The van der Waals surface area contributed by atoms with E-state index in [2.05, 4.69) is 0 Å². The fourth-order valence-electron chi connectivity index (χ4n) is 5.65. The second-order valence-electron chi connectivity index (χ2n) is 8.75. The Morgan fingerprint density at radius 1 is 1.00 bits per heavy atom. The molecule has 2 aromatic carbocycles. The molecule has 3 fully saturated rings. The molecule has 0 saturated carbocycles. The summed E-state index contributed by atoms with van der Waals surface area (Å²) in [5, 5.41) is 0.565. The van der Waals surface area contributed by atoms with Crippen LogP contribution in [0, 0.1) is 25.7 Å². The second kappa shape index (κ2) is 7.03. The minimum absolute atomic E-state index is 0.0317. The van der Waals surface area contributed by atoms with Gasteiger partial charge in [-0.15, -0.1) is 0 Å². The van der Waals surface area contributed by atoms with Crippen LogP contribution in [-0.2, 0) is 9.59 Å². The van der Waals surface area contributed by atoms with Crippen molar-refractivity contribution in [2.75, 3.05) is 11.4 Å². The number of Topliss-reactive ketones (excluding diaryl/α,β-unsaturated/α-hetero) is 1. The van der Waals surface area contributed by atoms with Crippen molar-refractivity contribution in [2.45, 2.75) is 38.8 Å². The van der Waals surface area contributed by atoms with Crippen molar-refractivity contribution in [3.63, 3.8) is 0 Å². The smallest absolute Gasteiger partial charge is 0.244 e. The number of quaternary nitrogens is 1. The number of hydrogen-bond donors (Lipinski definition) is 1. The molecule has 154 valence electrons. The lowest BCUT2D eigenvalue weighted by molar-refractivity contribution is -0.915. The van der Waals surface area contributed by atoms with Gasteiger partial charge in [-0.25, -0.2) is 4.90 Å². The zero-order valence-electron chi connectivity index (χ0n) is 17.0. The summed E-state index contributed by atoms with van der Waals surface area (Å²) >= 11 is 5.99. The van der Waals surface area contributed by atoms with Gasteiger partial charge in [0.2, 0.25) is 17.6 Å². The van der Waals surface area contributed by atoms with Crippen LogP contribution in [-0.4, -0.2) is 36.2 Å². The zero-order chi connectivity index (χ0) is 21.2. The zero-order valence-corrected chi connectivity index (χ0v) is 17.8. The van der Waals surface area contributed by atoms with E-state index >= 15 is 0 Å². The molecule has 5 atom stereocenters. The number of ketones is 1. The Labute approximate surface area is 180 Å². The lowest BCUT2D eigenvalue weighted by atomic mass is 9.85.